The van der Waals surface area contributed by atoms with Crippen LogP contribution in [0, 0.1) is 0 Å². The number of carbonyl (C=O) groups excluding carboxylic acids is 1. The summed E-state index contributed by atoms with van der Waals surface area (Å²) < 4.78 is 5.69. The fourth-order valence-corrected chi connectivity index (χ4v) is 2.61. The number of ether oxygens (including phenoxy) is 1. The van der Waals surface area contributed by atoms with Crippen LogP contribution >= 0.6 is 0 Å². The van der Waals surface area contributed by atoms with Gasteiger partial charge in [0, 0.05) is 51.7 Å². The lowest BCUT2D eigenvalue weighted by Crippen LogP contribution is -2.48. The molecule has 0 spiro atoms. The summed E-state index contributed by atoms with van der Waals surface area (Å²) in [6, 6.07) is -0.152. The van der Waals surface area contributed by atoms with Crippen LogP contribution in [0.2, 0.25) is 0 Å². The fraction of sp³-hybridized carbons (Fsp3) is 0.667. The SMILES string of the molecule is C[C@@H]1CN(CCNC(=O)NCCNc2cnccn2)C[C@@H](C)O1. The molecule has 2 heterocycles. The van der Waals surface area contributed by atoms with E-state index in [4.69, 9.17) is 4.74 Å². The molecule has 1 aromatic rings. The van der Waals surface area contributed by atoms with Gasteiger partial charge in [0.15, 0.2) is 0 Å². The maximum absolute atomic E-state index is 11.7. The molecule has 8 heteroatoms. The molecule has 1 aromatic heterocycles. The molecule has 2 rings (SSSR count). The maximum Gasteiger partial charge on any atom is 0.314 e. The van der Waals surface area contributed by atoms with Gasteiger partial charge in [0.25, 0.3) is 0 Å². The van der Waals surface area contributed by atoms with Crippen molar-refractivity contribution in [2.75, 3.05) is 44.6 Å². The Hall–Kier alpha value is -1.93. The van der Waals surface area contributed by atoms with E-state index in [0.717, 1.165) is 19.6 Å². The molecule has 2 atom stereocenters. The molecule has 0 radical (unpaired) electrons. The Morgan fingerprint density at radius 1 is 1.22 bits per heavy atom. The van der Waals surface area contributed by atoms with E-state index < -0.39 is 0 Å². The Morgan fingerprint density at radius 3 is 2.65 bits per heavy atom. The second-order valence-electron chi connectivity index (χ2n) is 5.72. The van der Waals surface area contributed by atoms with E-state index in [9.17, 15) is 4.79 Å². The van der Waals surface area contributed by atoms with Crippen LogP contribution < -0.4 is 16.0 Å². The Balaban J connectivity index is 1.51. The highest BCUT2D eigenvalue weighted by Gasteiger charge is 2.21. The lowest BCUT2D eigenvalue weighted by molar-refractivity contribution is -0.0672. The van der Waals surface area contributed by atoms with E-state index in [1.807, 2.05) is 0 Å². The third-order valence-electron chi connectivity index (χ3n) is 3.49. The van der Waals surface area contributed by atoms with Crippen molar-refractivity contribution in [1.82, 2.24) is 25.5 Å². The molecule has 1 saturated heterocycles. The zero-order chi connectivity index (χ0) is 16.5. The van der Waals surface area contributed by atoms with Crippen LogP contribution in [0.1, 0.15) is 13.8 Å². The van der Waals surface area contributed by atoms with Crippen LogP contribution in [0.4, 0.5) is 10.6 Å². The van der Waals surface area contributed by atoms with Crippen LogP contribution in [0.25, 0.3) is 0 Å². The predicted molar refractivity (Wildman–Crippen MR) is 88.4 cm³/mol. The number of hydrogen-bond donors (Lipinski definition) is 3. The van der Waals surface area contributed by atoms with Crippen molar-refractivity contribution in [1.29, 1.82) is 0 Å². The first kappa shape index (κ1) is 17.4. The van der Waals surface area contributed by atoms with E-state index in [2.05, 4.69) is 44.7 Å². The monoisotopic (exact) mass is 322 g/mol. The third kappa shape index (κ3) is 6.79. The van der Waals surface area contributed by atoms with Gasteiger partial charge in [-0.1, -0.05) is 0 Å². The smallest absolute Gasteiger partial charge is 0.314 e. The molecule has 2 amide bonds. The number of morpholine rings is 1. The maximum atomic E-state index is 11.7. The van der Waals surface area contributed by atoms with Gasteiger partial charge in [0.05, 0.1) is 18.4 Å². The Morgan fingerprint density at radius 2 is 1.96 bits per heavy atom. The first-order valence-electron chi connectivity index (χ1n) is 8.03. The topological polar surface area (TPSA) is 91.4 Å². The van der Waals surface area contributed by atoms with Gasteiger partial charge in [-0.2, -0.15) is 0 Å². The van der Waals surface area contributed by atoms with Gasteiger partial charge in [0.1, 0.15) is 5.82 Å². The highest BCUT2D eigenvalue weighted by atomic mass is 16.5. The minimum atomic E-state index is -0.152. The number of hydrogen-bond acceptors (Lipinski definition) is 6. The number of rotatable bonds is 7. The average Bonchev–Trinajstić information content (AvgIpc) is 2.52. The lowest BCUT2D eigenvalue weighted by Gasteiger charge is -2.35. The fourth-order valence-electron chi connectivity index (χ4n) is 2.61. The van der Waals surface area contributed by atoms with E-state index in [0.29, 0.717) is 25.5 Å². The second-order valence-corrected chi connectivity index (χ2v) is 5.72. The summed E-state index contributed by atoms with van der Waals surface area (Å²) >= 11 is 0. The van der Waals surface area contributed by atoms with Gasteiger partial charge in [-0.05, 0) is 13.8 Å². The second kappa shape index (κ2) is 9.26. The molecule has 1 fully saturated rings. The minimum absolute atomic E-state index is 0.152. The third-order valence-corrected chi connectivity index (χ3v) is 3.49. The van der Waals surface area contributed by atoms with Crippen molar-refractivity contribution >= 4 is 11.8 Å². The number of carbonyl (C=O) groups is 1. The van der Waals surface area contributed by atoms with Gasteiger partial charge < -0.3 is 20.7 Å². The molecule has 1 aliphatic rings. The largest absolute Gasteiger partial charge is 0.373 e. The lowest BCUT2D eigenvalue weighted by atomic mass is 10.2. The standard InChI is InChI=1S/C15H26N6O2/c1-12-10-21(11-13(2)23-12)8-7-20-15(22)19-6-5-18-14-9-16-3-4-17-14/h3-4,9,12-13H,5-8,10-11H2,1-2H3,(H,17,18)(H2,19,20,22)/t12-,13-/m1/s1. The van der Waals surface area contributed by atoms with Crippen molar-refractivity contribution in [3.63, 3.8) is 0 Å². The van der Waals surface area contributed by atoms with Crippen molar-refractivity contribution in [2.24, 2.45) is 0 Å². The van der Waals surface area contributed by atoms with E-state index in [-0.39, 0.29) is 18.2 Å². The summed E-state index contributed by atoms with van der Waals surface area (Å²) in [5, 5.41) is 8.75. The van der Waals surface area contributed by atoms with E-state index in [1.165, 1.54) is 0 Å². The molecule has 0 bridgehead atoms. The first-order chi connectivity index (χ1) is 11.1. The van der Waals surface area contributed by atoms with Crippen LogP contribution in [0.3, 0.4) is 0 Å². The van der Waals surface area contributed by atoms with Crippen molar-refractivity contribution in [3.8, 4) is 0 Å². The molecule has 128 valence electrons. The van der Waals surface area contributed by atoms with Crippen LogP contribution in [-0.4, -0.2) is 72.4 Å². The van der Waals surface area contributed by atoms with Gasteiger partial charge in [0.2, 0.25) is 0 Å². The molecule has 0 aromatic carbocycles. The number of aromatic nitrogens is 2. The van der Waals surface area contributed by atoms with Crippen LogP contribution in [-0.2, 0) is 4.74 Å². The Kier molecular flexibility index (Phi) is 7.02. The van der Waals surface area contributed by atoms with Crippen molar-refractivity contribution in [2.45, 2.75) is 26.1 Å². The number of amides is 2. The summed E-state index contributed by atoms with van der Waals surface area (Å²) in [7, 11) is 0. The highest BCUT2D eigenvalue weighted by Crippen LogP contribution is 2.09. The Bertz CT molecular complexity index is 462. The normalized spacial score (nSPS) is 21.7. The molecule has 0 saturated carbocycles. The van der Waals surface area contributed by atoms with Gasteiger partial charge in [-0.3, -0.25) is 9.88 Å². The molecule has 0 unspecified atom stereocenters. The summed E-state index contributed by atoms with van der Waals surface area (Å²) in [5.74, 6) is 0.699. The zero-order valence-electron chi connectivity index (χ0n) is 13.8. The average molecular weight is 322 g/mol. The zero-order valence-corrected chi connectivity index (χ0v) is 13.8. The molecule has 8 nitrogen and oxygen atoms in total. The molecular weight excluding hydrogens is 296 g/mol. The van der Waals surface area contributed by atoms with Crippen molar-refractivity contribution in [3.05, 3.63) is 18.6 Å². The summed E-state index contributed by atoms with van der Waals surface area (Å²) in [6.45, 7) is 8.57. The minimum Gasteiger partial charge on any atom is -0.373 e. The van der Waals surface area contributed by atoms with Crippen molar-refractivity contribution < 1.29 is 9.53 Å². The number of nitrogens with zero attached hydrogens (tertiary/aromatic N) is 3. The predicted octanol–water partition coefficient (Wildman–Crippen LogP) is 0.297. The van der Waals surface area contributed by atoms with Crippen LogP contribution in [0.15, 0.2) is 18.6 Å². The number of anilines is 1. The number of nitrogens with one attached hydrogen (secondary N) is 3. The molecular formula is C15H26N6O2. The van der Waals surface area contributed by atoms with Gasteiger partial charge >= 0.3 is 6.03 Å². The van der Waals surface area contributed by atoms with Gasteiger partial charge in [-0.25, -0.2) is 9.78 Å². The summed E-state index contributed by atoms with van der Waals surface area (Å²) in [5.41, 5.74) is 0. The van der Waals surface area contributed by atoms with E-state index >= 15 is 0 Å². The first-order valence-corrected chi connectivity index (χ1v) is 8.03. The molecule has 3 N–H and O–H groups in total. The summed E-state index contributed by atoms with van der Waals surface area (Å²) in [4.78, 5) is 22.1. The quantitative estimate of drug-likeness (QED) is 0.625. The van der Waals surface area contributed by atoms with Gasteiger partial charge in [-0.15, -0.1) is 0 Å². The summed E-state index contributed by atoms with van der Waals surface area (Å²) in [6.07, 6.45) is 5.38. The molecule has 1 aliphatic heterocycles. The molecule has 23 heavy (non-hydrogen) atoms. The van der Waals surface area contributed by atoms with E-state index in [1.54, 1.807) is 18.6 Å². The Labute approximate surface area is 137 Å². The highest BCUT2D eigenvalue weighted by molar-refractivity contribution is 5.73. The van der Waals surface area contributed by atoms with Crippen LogP contribution in [0.5, 0.6) is 0 Å². The molecule has 0 aliphatic carbocycles. The number of urea groups is 1.